The molecule has 0 unspecified atom stereocenters. The molecule has 1 rings (SSSR count). The zero-order valence-electron chi connectivity index (χ0n) is 9.36. The van der Waals surface area contributed by atoms with E-state index in [4.69, 9.17) is 5.11 Å². The molecule has 0 spiro atoms. The summed E-state index contributed by atoms with van der Waals surface area (Å²) in [7, 11) is 0. The fraction of sp³-hybridized carbons (Fsp3) is 0.667. The Morgan fingerprint density at radius 2 is 1.38 bits per heavy atom. The largest absolute Gasteiger partial charge is 0.396 e. The quantitative estimate of drug-likeness (QED) is 0.692. The van der Waals surface area contributed by atoms with E-state index in [0.717, 1.165) is 6.42 Å². The Morgan fingerprint density at radius 3 is 1.69 bits per heavy atom. The second-order valence-corrected chi connectivity index (χ2v) is 4.31. The van der Waals surface area contributed by atoms with Crippen LogP contribution in [0.3, 0.4) is 0 Å². The number of allylic oxidation sites excluding steroid dienone is 4. The molecule has 0 atom stereocenters. The second-order valence-electron chi connectivity index (χ2n) is 4.31. The van der Waals surface area contributed by atoms with Crippen molar-refractivity contribution in [2.75, 3.05) is 6.61 Å². The standard InChI is InChI=1S/C12H20O/c1-8-9(2)11(4)12(5,6-7-13)10(8)3/h13H,6-7H2,1-5H3. The fourth-order valence-electron chi connectivity index (χ4n) is 2.27. The minimum atomic E-state index is 0.114. The molecular formula is C12H20O. The van der Waals surface area contributed by atoms with Crippen LogP contribution in [-0.4, -0.2) is 11.7 Å². The first-order valence-electron chi connectivity index (χ1n) is 4.92. The molecule has 1 heteroatoms. The van der Waals surface area contributed by atoms with E-state index in [1.54, 1.807) is 0 Å². The van der Waals surface area contributed by atoms with Crippen molar-refractivity contribution < 1.29 is 5.11 Å². The van der Waals surface area contributed by atoms with Gasteiger partial charge in [-0.15, -0.1) is 0 Å². The Hall–Kier alpha value is -0.560. The van der Waals surface area contributed by atoms with Gasteiger partial charge in [-0.1, -0.05) is 18.1 Å². The van der Waals surface area contributed by atoms with Crippen molar-refractivity contribution in [3.63, 3.8) is 0 Å². The summed E-state index contributed by atoms with van der Waals surface area (Å²) in [6.45, 7) is 11.2. The Bertz CT molecular complexity index is 257. The SMILES string of the molecule is CC1=C(C)C(C)(CCO)C(C)=C1C. The van der Waals surface area contributed by atoms with Gasteiger partial charge in [0.2, 0.25) is 0 Å². The average Bonchev–Trinajstić information content (AvgIpc) is 2.23. The molecule has 0 aliphatic heterocycles. The molecule has 1 aliphatic rings. The predicted molar refractivity (Wildman–Crippen MR) is 56.6 cm³/mol. The molecule has 1 nitrogen and oxygen atoms in total. The maximum Gasteiger partial charge on any atom is 0.0442 e. The van der Waals surface area contributed by atoms with Gasteiger partial charge in [0.25, 0.3) is 0 Å². The molecule has 13 heavy (non-hydrogen) atoms. The van der Waals surface area contributed by atoms with Gasteiger partial charge in [0.1, 0.15) is 0 Å². The van der Waals surface area contributed by atoms with Gasteiger partial charge in [0.05, 0.1) is 0 Å². The van der Waals surface area contributed by atoms with Crippen molar-refractivity contribution in [1.29, 1.82) is 0 Å². The molecule has 0 aromatic rings. The van der Waals surface area contributed by atoms with E-state index in [1.165, 1.54) is 22.3 Å². The van der Waals surface area contributed by atoms with Crippen LogP contribution < -0.4 is 0 Å². The zero-order valence-corrected chi connectivity index (χ0v) is 9.36. The topological polar surface area (TPSA) is 20.2 Å². The molecule has 0 aromatic heterocycles. The number of hydrogen-bond acceptors (Lipinski definition) is 1. The molecule has 0 amide bonds. The van der Waals surface area contributed by atoms with Crippen molar-refractivity contribution >= 4 is 0 Å². The van der Waals surface area contributed by atoms with Gasteiger partial charge in [-0.3, -0.25) is 0 Å². The van der Waals surface area contributed by atoms with Gasteiger partial charge in [0, 0.05) is 12.0 Å². The molecular weight excluding hydrogens is 160 g/mol. The normalized spacial score (nSPS) is 21.7. The first kappa shape index (κ1) is 10.5. The third kappa shape index (κ3) is 1.35. The Balaban J connectivity index is 3.14. The van der Waals surface area contributed by atoms with E-state index < -0.39 is 0 Å². The lowest BCUT2D eigenvalue weighted by Crippen LogP contribution is -2.19. The molecule has 0 bridgehead atoms. The molecule has 0 fully saturated rings. The summed E-state index contributed by atoms with van der Waals surface area (Å²) in [5, 5.41) is 9.05. The number of hydrogen-bond donors (Lipinski definition) is 1. The van der Waals surface area contributed by atoms with Crippen molar-refractivity contribution in [2.24, 2.45) is 5.41 Å². The summed E-state index contributed by atoms with van der Waals surface area (Å²) in [4.78, 5) is 0. The van der Waals surface area contributed by atoms with Gasteiger partial charge in [-0.2, -0.15) is 0 Å². The van der Waals surface area contributed by atoms with E-state index in [1.807, 2.05) is 0 Å². The van der Waals surface area contributed by atoms with Crippen molar-refractivity contribution in [1.82, 2.24) is 0 Å². The third-order valence-electron chi connectivity index (χ3n) is 3.95. The van der Waals surface area contributed by atoms with Crippen LogP contribution in [-0.2, 0) is 0 Å². The van der Waals surface area contributed by atoms with Gasteiger partial charge in [0.15, 0.2) is 0 Å². The summed E-state index contributed by atoms with van der Waals surface area (Å²) >= 11 is 0. The number of aliphatic hydroxyl groups excluding tert-OH is 1. The fourth-order valence-corrected chi connectivity index (χ4v) is 2.27. The summed E-state index contributed by atoms with van der Waals surface area (Å²) in [5.74, 6) is 0. The highest BCUT2D eigenvalue weighted by molar-refractivity contribution is 5.49. The lowest BCUT2D eigenvalue weighted by Gasteiger charge is -2.28. The third-order valence-corrected chi connectivity index (χ3v) is 3.95. The minimum absolute atomic E-state index is 0.114. The predicted octanol–water partition coefficient (Wildman–Crippen LogP) is 3.06. The van der Waals surface area contributed by atoms with E-state index in [2.05, 4.69) is 34.6 Å². The van der Waals surface area contributed by atoms with Crippen LogP contribution in [0, 0.1) is 5.41 Å². The molecule has 0 aromatic carbocycles. The molecule has 74 valence electrons. The van der Waals surface area contributed by atoms with E-state index >= 15 is 0 Å². The van der Waals surface area contributed by atoms with Gasteiger partial charge >= 0.3 is 0 Å². The molecule has 0 heterocycles. The van der Waals surface area contributed by atoms with Crippen LogP contribution in [0.4, 0.5) is 0 Å². The zero-order chi connectivity index (χ0) is 10.2. The highest BCUT2D eigenvalue weighted by Gasteiger charge is 2.35. The monoisotopic (exact) mass is 180 g/mol. The van der Waals surface area contributed by atoms with E-state index in [0.29, 0.717) is 0 Å². The summed E-state index contributed by atoms with van der Waals surface area (Å²) in [6, 6.07) is 0. The summed E-state index contributed by atoms with van der Waals surface area (Å²) < 4.78 is 0. The lowest BCUT2D eigenvalue weighted by molar-refractivity contribution is 0.243. The summed E-state index contributed by atoms with van der Waals surface area (Å²) in [6.07, 6.45) is 0.847. The first-order valence-corrected chi connectivity index (χ1v) is 4.92. The second kappa shape index (κ2) is 3.30. The lowest BCUT2D eigenvalue weighted by atomic mass is 9.77. The average molecular weight is 180 g/mol. The van der Waals surface area contributed by atoms with Gasteiger partial charge in [-0.05, 0) is 45.3 Å². The van der Waals surface area contributed by atoms with Crippen LogP contribution in [0.1, 0.15) is 41.0 Å². The van der Waals surface area contributed by atoms with Crippen LogP contribution in [0.2, 0.25) is 0 Å². The first-order chi connectivity index (χ1) is 5.95. The van der Waals surface area contributed by atoms with Crippen LogP contribution in [0.15, 0.2) is 22.3 Å². The van der Waals surface area contributed by atoms with Crippen LogP contribution >= 0.6 is 0 Å². The highest BCUT2D eigenvalue weighted by Crippen LogP contribution is 2.48. The molecule has 1 N–H and O–H groups in total. The summed E-state index contributed by atoms with van der Waals surface area (Å²) in [5.41, 5.74) is 5.79. The van der Waals surface area contributed by atoms with Crippen molar-refractivity contribution in [3.05, 3.63) is 22.3 Å². The van der Waals surface area contributed by atoms with Crippen molar-refractivity contribution in [3.8, 4) is 0 Å². The van der Waals surface area contributed by atoms with Gasteiger partial charge in [-0.25, -0.2) is 0 Å². The molecule has 0 saturated carbocycles. The number of aliphatic hydroxyl groups is 1. The van der Waals surface area contributed by atoms with E-state index in [9.17, 15) is 0 Å². The van der Waals surface area contributed by atoms with Crippen LogP contribution in [0.5, 0.6) is 0 Å². The smallest absolute Gasteiger partial charge is 0.0442 e. The Morgan fingerprint density at radius 1 is 1.00 bits per heavy atom. The Kier molecular flexibility index (Phi) is 2.67. The molecule has 0 saturated heterocycles. The Labute approximate surface area is 81.2 Å². The maximum absolute atomic E-state index is 9.05. The minimum Gasteiger partial charge on any atom is -0.396 e. The highest BCUT2D eigenvalue weighted by atomic mass is 16.3. The number of rotatable bonds is 2. The molecule has 0 radical (unpaired) electrons. The molecule has 1 aliphatic carbocycles. The van der Waals surface area contributed by atoms with Crippen LogP contribution in [0.25, 0.3) is 0 Å². The van der Waals surface area contributed by atoms with Gasteiger partial charge < -0.3 is 5.11 Å². The van der Waals surface area contributed by atoms with E-state index in [-0.39, 0.29) is 12.0 Å². The van der Waals surface area contributed by atoms with Crippen molar-refractivity contribution in [2.45, 2.75) is 41.0 Å². The maximum atomic E-state index is 9.05.